The average Bonchev–Trinajstić information content (AvgIpc) is 2.45. The van der Waals surface area contributed by atoms with Crippen LogP contribution < -0.4 is 10.6 Å². The zero-order valence-electron chi connectivity index (χ0n) is 11.3. The second-order valence-electron chi connectivity index (χ2n) is 4.76. The van der Waals surface area contributed by atoms with Crippen molar-refractivity contribution in [3.05, 3.63) is 51.1 Å². The predicted molar refractivity (Wildman–Crippen MR) is 75.7 cm³/mol. The molecule has 1 aliphatic rings. The molecule has 0 aromatic heterocycles. The van der Waals surface area contributed by atoms with Gasteiger partial charge in [0.25, 0.3) is 11.6 Å². The molecule has 106 valence electrons. The summed E-state index contributed by atoms with van der Waals surface area (Å²) in [5.41, 5.74) is 2.29. The summed E-state index contributed by atoms with van der Waals surface area (Å²) < 4.78 is 0. The molecule has 1 amide bonds. The van der Waals surface area contributed by atoms with E-state index in [2.05, 4.69) is 16.7 Å². The zero-order chi connectivity index (χ0) is 14.5. The molecule has 0 bridgehead atoms. The number of amides is 1. The smallest absolute Gasteiger partial charge is 0.269 e. The molecule has 0 aliphatic carbocycles. The number of hydrogen-bond donors (Lipinski definition) is 2. The number of benzene rings is 1. The first-order valence-corrected chi connectivity index (χ1v) is 6.50. The normalized spacial score (nSPS) is 14.6. The average molecular weight is 275 g/mol. The van der Waals surface area contributed by atoms with Crippen LogP contribution in [0.1, 0.15) is 22.3 Å². The van der Waals surface area contributed by atoms with E-state index >= 15 is 0 Å². The molecule has 0 fully saturated rings. The molecule has 2 N–H and O–H groups in total. The van der Waals surface area contributed by atoms with E-state index in [4.69, 9.17) is 0 Å². The topological polar surface area (TPSA) is 84.3 Å². The molecule has 0 saturated heterocycles. The van der Waals surface area contributed by atoms with Gasteiger partial charge in [-0.25, -0.2) is 0 Å². The Kier molecular flexibility index (Phi) is 4.47. The molecule has 0 unspecified atom stereocenters. The van der Waals surface area contributed by atoms with Crippen molar-refractivity contribution in [3.63, 3.8) is 0 Å². The fraction of sp³-hybridized carbons (Fsp3) is 0.357. The highest BCUT2D eigenvalue weighted by Gasteiger charge is 2.13. The van der Waals surface area contributed by atoms with Crippen LogP contribution in [0.25, 0.3) is 0 Å². The molecule has 0 radical (unpaired) electrons. The van der Waals surface area contributed by atoms with E-state index in [1.807, 2.05) is 0 Å². The largest absolute Gasteiger partial charge is 0.348 e. The van der Waals surface area contributed by atoms with Crippen LogP contribution in [-0.4, -0.2) is 30.5 Å². The first-order valence-electron chi connectivity index (χ1n) is 6.50. The Bertz CT molecular complexity index is 567. The third kappa shape index (κ3) is 3.42. The third-order valence-corrected chi connectivity index (χ3v) is 3.30. The van der Waals surface area contributed by atoms with Gasteiger partial charge in [-0.3, -0.25) is 14.9 Å². The van der Waals surface area contributed by atoms with Crippen molar-refractivity contribution in [2.45, 2.75) is 13.3 Å². The lowest BCUT2D eigenvalue weighted by Gasteiger charge is -2.15. The third-order valence-electron chi connectivity index (χ3n) is 3.30. The Balaban J connectivity index is 2.02. The first-order chi connectivity index (χ1) is 9.58. The fourth-order valence-electron chi connectivity index (χ4n) is 2.14. The highest BCUT2D eigenvalue weighted by atomic mass is 16.6. The number of carbonyl (C=O) groups is 1. The lowest BCUT2D eigenvalue weighted by molar-refractivity contribution is -0.384. The van der Waals surface area contributed by atoms with E-state index in [1.165, 1.54) is 23.8 Å². The quantitative estimate of drug-likeness (QED) is 0.496. The van der Waals surface area contributed by atoms with Crippen LogP contribution in [0, 0.1) is 17.0 Å². The Morgan fingerprint density at radius 2 is 2.30 bits per heavy atom. The van der Waals surface area contributed by atoms with Crippen molar-refractivity contribution >= 4 is 11.6 Å². The SMILES string of the molecule is Cc1cc([N+](=O)[O-])ccc1C(=O)NCC1=CCNCC1. The van der Waals surface area contributed by atoms with Crippen molar-refractivity contribution in [2.75, 3.05) is 19.6 Å². The van der Waals surface area contributed by atoms with Crippen molar-refractivity contribution in [3.8, 4) is 0 Å². The van der Waals surface area contributed by atoms with Crippen LogP contribution >= 0.6 is 0 Å². The van der Waals surface area contributed by atoms with Crippen LogP contribution in [0.4, 0.5) is 5.69 Å². The summed E-state index contributed by atoms with van der Waals surface area (Å²) in [7, 11) is 0. The number of nitro groups is 1. The fourth-order valence-corrected chi connectivity index (χ4v) is 2.14. The van der Waals surface area contributed by atoms with E-state index in [1.54, 1.807) is 6.92 Å². The van der Waals surface area contributed by atoms with E-state index in [-0.39, 0.29) is 11.6 Å². The first kappa shape index (κ1) is 14.2. The molecule has 0 atom stereocenters. The molecule has 6 heteroatoms. The molecule has 1 heterocycles. The summed E-state index contributed by atoms with van der Waals surface area (Å²) in [4.78, 5) is 22.3. The molecule has 1 aromatic rings. The summed E-state index contributed by atoms with van der Waals surface area (Å²) in [6.07, 6.45) is 3.01. The van der Waals surface area contributed by atoms with Crippen LogP contribution in [0.3, 0.4) is 0 Å². The predicted octanol–water partition coefficient (Wildman–Crippen LogP) is 1.55. The highest BCUT2D eigenvalue weighted by Crippen LogP contribution is 2.17. The molecule has 6 nitrogen and oxygen atoms in total. The lowest BCUT2D eigenvalue weighted by atomic mass is 10.1. The van der Waals surface area contributed by atoms with E-state index in [9.17, 15) is 14.9 Å². The molecule has 0 saturated carbocycles. The minimum atomic E-state index is -0.464. The molecule has 2 rings (SSSR count). The number of non-ortho nitro benzene ring substituents is 1. The van der Waals surface area contributed by atoms with Gasteiger partial charge in [0, 0.05) is 30.8 Å². The van der Waals surface area contributed by atoms with Gasteiger partial charge >= 0.3 is 0 Å². The summed E-state index contributed by atoms with van der Waals surface area (Å²) >= 11 is 0. The summed E-state index contributed by atoms with van der Waals surface area (Å²) in [5, 5.41) is 16.7. The van der Waals surface area contributed by atoms with Crippen molar-refractivity contribution in [1.29, 1.82) is 0 Å². The Morgan fingerprint density at radius 1 is 1.50 bits per heavy atom. The van der Waals surface area contributed by atoms with E-state index < -0.39 is 4.92 Å². The van der Waals surface area contributed by atoms with Gasteiger partial charge in [-0.05, 0) is 31.5 Å². The Morgan fingerprint density at radius 3 is 2.90 bits per heavy atom. The maximum atomic E-state index is 12.1. The molecule has 1 aromatic carbocycles. The number of nitrogens with zero attached hydrogens (tertiary/aromatic N) is 1. The molecule has 20 heavy (non-hydrogen) atoms. The Labute approximate surface area is 117 Å². The second kappa shape index (κ2) is 6.29. The maximum absolute atomic E-state index is 12.1. The number of hydrogen-bond acceptors (Lipinski definition) is 4. The van der Waals surface area contributed by atoms with Crippen molar-refractivity contribution in [1.82, 2.24) is 10.6 Å². The van der Waals surface area contributed by atoms with Gasteiger partial charge in [-0.1, -0.05) is 11.6 Å². The van der Waals surface area contributed by atoms with Crippen LogP contribution in [-0.2, 0) is 0 Å². The minimum Gasteiger partial charge on any atom is -0.348 e. The van der Waals surface area contributed by atoms with Gasteiger partial charge in [-0.2, -0.15) is 0 Å². The lowest BCUT2D eigenvalue weighted by Crippen LogP contribution is -2.30. The van der Waals surface area contributed by atoms with E-state index in [0.29, 0.717) is 17.7 Å². The van der Waals surface area contributed by atoms with Crippen LogP contribution in [0.5, 0.6) is 0 Å². The minimum absolute atomic E-state index is 0.000105. The van der Waals surface area contributed by atoms with Crippen molar-refractivity contribution < 1.29 is 9.72 Å². The van der Waals surface area contributed by atoms with Gasteiger partial charge in [0.1, 0.15) is 0 Å². The number of nitro benzene ring substituents is 1. The molecular weight excluding hydrogens is 258 g/mol. The molecule has 1 aliphatic heterocycles. The zero-order valence-corrected chi connectivity index (χ0v) is 11.3. The number of carbonyl (C=O) groups excluding carboxylic acids is 1. The summed E-state index contributed by atoms with van der Waals surface area (Å²) in [6, 6.07) is 4.27. The number of aryl methyl sites for hydroxylation is 1. The number of rotatable bonds is 4. The van der Waals surface area contributed by atoms with E-state index in [0.717, 1.165) is 19.5 Å². The standard InChI is InChI=1S/C14H17N3O3/c1-10-8-12(17(19)20)2-3-13(10)14(18)16-9-11-4-6-15-7-5-11/h2-4,8,15H,5-7,9H2,1H3,(H,16,18). The monoisotopic (exact) mass is 275 g/mol. The van der Waals surface area contributed by atoms with Crippen molar-refractivity contribution in [2.24, 2.45) is 0 Å². The van der Waals surface area contributed by atoms with Crippen LogP contribution in [0.2, 0.25) is 0 Å². The Hall–Kier alpha value is -2.21. The summed E-state index contributed by atoms with van der Waals surface area (Å²) in [5.74, 6) is -0.197. The summed E-state index contributed by atoms with van der Waals surface area (Å²) in [6.45, 7) is 3.99. The van der Waals surface area contributed by atoms with Gasteiger partial charge < -0.3 is 10.6 Å². The number of nitrogens with one attached hydrogen (secondary N) is 2. The molecule has 0 spiro atoms. The maximum Gasteiger partial charge on any atom is 0.269 e. The highest BCUT2D eigenvalue weighted by molar-refractivity contribution is 5.96. The van der Waals surface area contributed by atoms with Gasteiger partial charge in [0.2, 0.25) is 0 Å². The van der Waals surface area contributed by atoms with Crippen LogP contribution in [0.15, 0.2) is 29.8 Å². The second-order valence-corrected chi connectivity index (χ2v) is 4.76. The molecular formula is C14H17N3O3. The van der Waals surface area contributed by atoms with Gasteiger partial charge in [0.05, 0.1) is 4.92 Å². The van der Waals surface area contributed by atoms with Gasteiger partial charge in [-0.15, -0.1) is 0 Å². The van der Waals surface area contributed by atoms with Gasteiger partial charge in [0.15, 0.2) is 0 Å².